The zero-order valence-electron chi connectivity index (χ0n) is 14.4. The van der Waals surface area contributed by atoms with E-state index in [9.17, 15) is 13.2 Å². The van der Waals surface area contributed by atoms with E-state index in [4.69, 9.17) is 5.73 Å². The molecule has 0 aromatic heterocycles. The van der Waals surface area contributed by atoms with Crippen LogP contribution in [-0.2, 0) is 14.6 Å². The second kappa shape index (κ2) is 8.67. The van der Waals surface area contributed by atoms with Crippen LogP contribution in [0.15, 0.2) is 58.3 Å². The summed E-state index contributed by atoms with van der Waals surface area (Å²) in [6, 6.07) is 12.3. The Hall–Kier alpha value is -2.34. The molecule has 1 amide bonds. The molecule has 0 bridgehead atoms. The molecule has 0 aliphatic heterocycles. The highest BCUT2D eigenvalue weighted by Gasteiger charge is 2.17. The molecule has 0 saturated heterocycles. The number of benzene rings is 2. The Labute approximate surface area is 149 Å². The Morgan fingerprint density at radius 3 is 2.04 bits per heavy atom. The van der Waals surface area contributed by atoms with Gasteiger partial charge in [0.15, 0.2) is 0 Å². The van der Waals surface area contributed by atoms with Crippen molar-refractivity contribution in [3.63, 3.8) is 0 Å². The van der Waals surface area contributed by atoms with E-state index in [1.54, 1.807) is 24.3 Å². The predicted molar refractivity (Wildman–Crippen MR) is 100 cm³/mol. The number of carbonyl (C=O) groups excluding carboxylic acids is 1. The number of hydrogen-bond acceptors (Lipinski definition) is 4. The fourth-order valence-corrected chi connectivity index (χ4v) is 3.70. The number of anilines is 2. The minimum absolute atomic E-state index is 0.0507. The molecule has 2 aromatic carbocycles. The predicted octanol–water partition coefficient (Wildman–Crippen LogP) is 4.01. The highest BCUT2D eigenvalue weighted by Crippen LogP contribution is 2.23. The second-order valence-electron chi connectivity index (χ2n) is 5.96. The van der Waals surface area contributed by atoms with Crippen LogP contribution in [0.2, 0.25) is 0 Å². The van der Waals surface area contributed by atoms with Gasteiger partial charge in [0.05, 0.1) is 9.79 Å². The first-order valence-corrected chi connectivity index (χ1v) is 9.92. The molecule has 0 fully saturated rings. The van der Waals surface area contributed by atoms with Crippen molar-refractivity contribution < 1.29 is 13.2 Å². The lowest BCUT2D eigenvalue weighted by atomic mass is 10.1. The van der Waals surface area contributed by atoms with Crippen LogP contribution in [0.4, 0.5) is 11.4 Å². The largest absolute Gasteiger partial charge is 0.399 e. The zero-order chi connectivity index (χ0) is 18.3. The average molecular weight is 360 g/mol. The number of nitrogen functional groups attached to an aromatic ring is 1. The van der Waals surface area contributed by atoms with Gasteiger partial charge in [0.25, 0.3) is 0 Å². The molecule has 0 unspecified atom stereocenters. The fourth-order valence-electron chi connectivity index (χ4n) is 2.44. The monoisotopic (exact) mass is 360 g/mol. The Bertz CT molecular complexity index is 798. The molecule has 0 spiro atoms. The Morgan fingerprint density at radius 1 is 0.920 bits per heavy atom. The van der Waals surface area contributed by atoms with Crippen LogP contribution in [0, 0.1) is 0 Å². The fraction of sp³-hybridized carbons (Fsp3) is 0.316. The third-order valence-corrected chi connectivity index (χ3v) is 5.68. The van der Waals surface area contributed by atoms with Gasteiger partial charge < -0.3 is 11.1 Å². The number of unbranched alkanes of at least 4 members (excludes halogenated alkanes) is 3. The van der Waals surface area contributed by atoms with E-state index in [1.165, 1.54) is 24.3 Å². The van der Waals surface area contributed by atoms with Crippen molar-refractivity contribution in [3.05, 3.63) is 48.5 Å². The first kappa shape index (κ1) is 19.0. The van der Waals surface area contributed by atoms with Crippen LogP contribution in [0.5, 0.6) is 0 Å². The molecule has 3 N–H and O–H groups in total. The van der Waals surface area contributed by atoms with E-state index in [-0.39, 0.29) is 15.7 Å². The maximum absolute atomic E-state index is 12.6. The molecule has 25 heavy (non-hydrogen) atoms. The highest BCUT2D eigenvalue weighted by atomic mass is 32.2. The number of nitrogens with two attached hydrogens (primary N) is 1. The van der Waals surface area contributed by atoms with Gasteiger partial charge in [-0.25, -0.2) is 8.42 Å². The van der Waals surface area contributed by atoms with Gasteiger partial charge in [-0.3, -0.25) is 4.79 Å². The zero-order valence-corrected chi connectivity index (χ0v) is 15.2. The Balaban J connectivity index is 2.01. The molecule has 134 valence electrons. The molecule has 0 aliphatic carbocycles. The summed E-state index contributed by atoms with van der Waals surface area (Å²) < 4.78 is 25.1. The van der Waals surface area contributed by atoms with Gasteiger partial charge in [-0.1, -0.05) is 26.2 Å². The van der Waals surface area contributed by atoms with Crippen LogP contribution in [0.3, 0.4) is 0 Å². The highest BCUT2D eigenvalue weighted by molar-refractivity contribution is 7.91. The lowest BCUT2D eigenvalue weighted by molar-refractivity contribution is -0.116. The molecule has 0 radical (unpaired) electrons. The molecule has 0 aliphatic rings. The van der Waals surface area contributed by atoms with Gasteiger partial charge in [-0.15, -0.1) is 0 Å². The molecule has 2 rings (SSSR count). The van der Waals surface area contributed by atoms with Gasteiger partial charge in [0, 0.05) is 17.8 Å². The molecule has 2 aromatic rings. The average Bonchev–Trinajstić information content (AvgIpc) is 2.60. The van der Waals surface area contributed by atoms with Crippen LogP contribution in [-0.4, -0.2) is 14.3 Å². The third kappa shape index (κ3) is 5.32. The van der Waals surface area contributed by atoms with Crippen molar-refractivity contribution in [3.8, 4) is 0 Å². The minimum atomic E-state index is -3.59. The van der Waals surface area contributed by atoms with Crippen molar-refractivity contribution in [1.29, 1.82) is 0 Å². The van der Waals surface area contributed by atoms with E-state index in [0.717, 1.165) is 25.7 Å². The number of sulfone groups is 1. The van der Waals surface area contributed by atoms with Crippen molar-refractivity contribution in [2.75, 3.05) is 11.1 Å². The van der Waals surface area contributed by atoms with Gasteiger partial charge in [0.1, 0.15) is 0 Å². The summed E-state index contributed by atoms with van der Waals surface area (Å²) in [7, 11) is -3.59. The summed E-state index contributed by atoms with van der Waals surface area (Å²) in [5.41, 5.74) is 6.70. The topological polar surface area (TPSA) is 89.3 Å². The smallest absolute Gasteiger partial charge is 0.224 e. The summed E-state index contributed by atoms with van der Waals surface area (Å²) >= 11 is 0. The van der Waals surface area contributed by atoms with Gasteiger partial charge in [-0.2, -0.15) is 0 Å². The molecular formula is C19H24N2O3S. The summed E-state index contributed by atoms with van der Waals surface area (Å²) in [6.07, 6.45) is 4.65. The van der Waals surface area contributed by atoms with Crippen LogP contribution < -0.4 is 11.1 Å². The summed E-state index contributed by atoms with van der Waals surface area (Å²) in [5.74, 6) is -0.0507. The molecular weight excluding hydrogens is 336 g/mol. The number of nitrogens with one attached hydrogen (secondary N) is 1. The van der Waals surface area contributed by atoms with Crippen molar-refractivity contribution >= 4 is 27.1 Å². The van der Waals surface area contributed by atoms with Gasteiger partial charge in [0.2, 0.25) is 15.7 Å². The molecule has 5 nitrogen and oxygen atoms in total. The van der Waals surface area contributed by atoms with Gasteiger partial charge >= 0.3 is 0 Å². The Kier molecular flexibility index (Phi) is 6.58. The van der Waals surface area contributed by atoms with Crippen LogP contribution >= 0.6 is 0 Å². The number of hydrogen-bond donors (Lipinski definition) is 2. The quantitative estimate of drug-likeness (QED) is 0.550. The molecule has 6 heteroatoms. The van der Waals surface area contributed by atoms with Crippen molar-refractivity contribution in [2.24, 2.45) is 0 Å². The number of carbonyl (C=O) groups is 1. The third-order valence-electron chi connectivity index (χ3n) is 3.90. The first-order chi connectivity index (χ1) is 11.9. The van der Waals surface area contributed by atoms with Crippen LogP contribution in [0.1, 0.15) is 39.0 Å². The van der Waals surface area contributed by atoms with Gasteiger partial charge in [-0.05, 0) is 55.0 Å². The summed E-state index contributed by atoms with van der Waals surface area (Å²) in [6.45, 7) is 2.13. The standard InChI is InChI=1S/C19H24N2O3S/c1-2-3-4-5-6-19(22)21-16-9-13-18(14-10-16)25(23,24)17-11-7-15(20)8-12-17/h7-14H,2-6,20H2,1H3,(H,21,22). The maximum atomic E-state index is 12.6. The normalized spacial score (nSPS) is 11.2. The van der Waals surface area contributed by atoms with Crippen molar-refractivity contribution in [2.45, 2.75) is 48.8 Å². The second-order valence-corrected chi connectivity index (χ2v) is 7.91. The maximum Gasteiger partial charge on any atom is 0.224 e. The molecule has 0 atom stereocenters. The molecule has 0 heterocycles. The van der Waals surface area contributed by atoms with Crippen molar-refractivity contribution in [1.82, 2.24) is 0 Å². The SMILES string of the molecule is CCCCCCC(=O)Nc1ccc(S(=O)(=O)c2ccc(N)cc2)cc1. The number of amides is 1. The summed E-state index contributed by atoms with van der Waals surface area (Å²) in [5, 5.41) is 2.79. The summed E-state index contributed by atoms with van der Waals surface area (Å²) in [4.78, 5) is 12.2. The van der Waals surface area contributed by atoms with E-state index in [1.807, 2.05) is 0 Å². The van der Waals surface area contributed by atoms with E-state index < -0.39 is 9.84 Å². The van der Waals surface area contributed by atoms with E-state index in [2.05, 4.69) is 12.2 Å². The lowest BCUT2D eigenvalue weighted by Crippen LogP contribution is -2.11. The van der Waals surface area contributed by atoms with Crippen LogP contribution in [0.25, 0.3) is 0 Å². The molecule has 0 saturated carbocycles. The Morgan fingerprint density at radius 2 is 1.48 bits per heavy atom. The lowest BCUT2D eigenvalue weighted by Gasteiger charge is -2.08. The van der Waals surface area contributed by atoms with E-state index >= 15 is 0 Å². The first-order valence-electron chi connectivity index (χ1n) is 8.44. The van der Waals surface area contributed by atoms with E-state index in [0.29, 0.717) is 17.8 Å². The minimum Gasteiger partial charge on any atom is -0.399 e. The number of rotatable bonds is 8.